The van der Waals surface area contributed by atoms with Crippen molar-refractivity contribution < 1.29 is 19.8 Å². The first-order valence-corrected chi connectivity index (χ1v) is 8.59. The van der Waals surface area contributed by atoms with Crippen LogP contribution in [0.3, 0.4) is 0 Å². The number of carbonyl (C=O) groups excluding carboxylic acids is 2. The molecule has 0 saturated heterocycles. The molecule has 7 heteroatoms. The smallest absolute Gasteiger partial charge is 0.545 e. The largest absolute Gasteiger partial charge is 2.00 e. The van der Waals surface area contributed by atoms with E-state index in [4.69, 9.17) is 0 Å². The fourth-order valence-corrected chi connectivity index (χ4v) is 2.59. The summed E-state index contributed by atoms with van der Waals surface area (Å²) in [5.41, 5.74) is 4.10. The summed E-state index contributed by atoms with van der Waals surface area (Å²) in [6.45, 7) is 7.40. The van der Waals surface area contributed by atoms with Gasteiger partial charge in [0.1, 0.15) is 0 Å². The van der Waals surface area contributed by atoms with Crippen molar-refractivity contribution in [1.82, 2.24) is 0 Å². The van der Waals surface area contributed by atoms with Gasteiger partial charge in [0.2, 0.25) is 0 Å². The zero-order valence-corrected chi connectivity index (χ0v) is 22.0. The van der Waals surface area contributed by atoms with Crippen molar-refractivity contribution in [1.29, 1.82) is 0 Å². The summed E-state index contributed by atoms with van der Waals surface area (Å²) in [5, 5.41) is 21.0. The van der Waals surface area contributed by atoms with Gasteiger partial charge in [0, 0.05) is 8.95 Å². The molecule has 4 nitrogen and oxygen atoms in total. The molecule has 0 aliphatic heterocycles. The molecule has 0 amide bonds. The molecule has 0 aromatic heterocycles. The third-order valence-electron chi connectivity index (χ3n) is 3.34. The normalized spacial score (nSPS) is 9.52. The number of carbonyl (C=O) groups is 2. The maximum atomic E-state index is 10.5. The molecule has 2 aromatic carbocycles. The summed E-state index contributed by atoms with van der Waals surface area (Å²) in [6, 6.07) is 6.36. The molecule has 2 rings (SSSR count). The Balaban J connectivity index is 0.000000443. The quantitative estimate of drug-likeness (QED) is 0.502. The van der Waals surface area contributed by atoms with Gasteiger partial charge in [-0.1, -0.05) is 31.9 Å². The van der Waals surface area contributed by atoms with Gasteiger partial charge in [-0.25, -0.2) is 0 Å². The van der Waals surface area contributed by atoms with Gasteiger partial charge in [0.25, 0.3) is 0 Å². The molecule has 0 aliphatic rings. The summed E-state index contributed by atoms with van der Waals surface area (Å²) in [5.74, 6) is -2.26. The van der Waals surface area contributed by atoms with Gasteiger partial charge in [-0.2, -0.15) is 0 Å². The Bertz CT molecular complexity index is 690. The summed E-state index contributed by atoms with van der Waals surface area (Å²) in [4.78, 5) is 21.0. The standard InChI is InChI=1S/2C9H9BrO2.Ba/c2*1-5-3-7(9(11)12)4-6(2)8(5)10;/h2*3-4H,1-2H3,(H,11,12);/q;;+2/p-2. The second-order valence-corrected chi connectivity index (χ2v) is 7.01. The Labute approximate surface area is 204 Å². The molecular weight excluding hydrogens is 577 g/mol. The predicted octanol–water partition coefficient (Wildman–Crippen LogP) is 2.48. The van der Waals surface area contributed by atoms with E-state index in [0.29, 0.717) is 0 Å². The summed E-state index contributed by atoms with van der Waals surface area (Å²) in [6.07, 6.45) is 0. The number of rotatable bonds is 2. The maximum Gasteiger partial charge on any atom is 2.00 e. The molecule has 2 aromatic rings. The SMILES string of the molecule is Cc1cc(C(=O)[O-])cc(C)c1Br.Cc1cc(C(=O)[O-])cc(C)c1Br.[Ba+2]. The van der Waals surface area contributed by atoms with Crippen LogP contribution in [0, 0.1) is 27.7 Å². The van der Waals surface area contributed by atoms with E-state index >= 15 is 0 Å². The summed E-state index contributed by atoms with van der Waals surface area (Å²) >= 11 is 6.70. The Morgan fingerprint density at radius 1 is 0.680 bits per heavy atom. The molecule has 0 atom stereocenters. The molecule has 0 radical (unpaired) electrons. The number of hydrogen-bond donors (Lipinski definition) is 0. The predicted molar refractivity (Wildman–Crippen MR) is 102 cm³/mol. The average molecular weight is 593 g/mol. The van der Waals surface area contributed by atoms with E-state index in [9.17, 15) is 19.8 Å². The van der Waals surface area contributed by atoms with Crippen molar-refractivity contribution in [3.8, 4) is 0 Å². The van der Waals surface area contributed by atoms with Crippen molar-refractivity contribution in [2.24, 2.45) is 0 Å². The van der Waals surface area contributed by atoms with Crippen molar-refractivity contribution in [3.05, 3.63) is 66.6 Å². The first-order valence-electron chi connectivity index (χ1n) is 7.00. The molecule has 0 saturated carbocycles. The summed E-state index contributed by atoms with van der Waals surface area (Å²) in [7, 11) is 0. The van der Waals surface area contributed by atoms with Gasteiger partial charge in [-0.05, 0) is 85.3 Å². The first-order chi connectivity index (χ1) is 11.0. The van der Waals surface area contributed by atoms with E-state index in [2.05, 4.69) is 31.9 Å². The van der Waals surface area contributed by atoms with E-state index < -0.39 is 11.9 Å². The van der Waals surface area contributed by atoms with Crippen LogP contribution in [0.1, 0.15) is 43.0 Å². The molecule has 0 bridgehead atoms. The topological polar surface area (TPSA) is 80.3 Å². The van der Waals surface area contributed by atoms with Crippen molar-refractivity contribution in [2.45, 2.75) is 27.7 Å². The fourth-order valence-electron chi connectivity index (χ4n) is 2.13. The van der Waals surface area contributed by atoms with E-state index in [1.807, 2.05) is 27.7 Å². The Kier molecular flexibility index (Phi) is 10.9. The van der Waals surface area contributed by atoms with E-state index in [0.717, 1.165) is 31.2 Å². The second kappa shape index (κ2) is 10.9. The molecule has 0 spiro atoms. The van der Waals surface area contributed by atoms with Crippen LogP contribution in [0.2, 0.25) is 0 Å². The van der Waals surface area contributed by atoms with E-state index in [1.54, 1.807) is 24.3 Å². The van der Waals surface area contributed by atoms with Gasteiger partial charge < -0.3 is 19.8 Å². The number of aryl methyl sites for hydroxylation is 4. The van der Waals surface area contributed by atoms with E-state index in [1.165, 1.54) is 0 Å². The van der Waals surface area contributed by atoms with Gasteiger partial charge in [-0.15, -0.1) is 0 Å². The summed E-state index contributed by atoms with van der Waals surface area (Å²) < 4.78 is 1.90. The Hall–Kier alpha value is -0.0886. The zero-order valence-electron chi connectivity index (χ0n) is 14.4. The van der Waals surface area contributed by atoms with Crippen LogP contribution in [0.15, 0.2) is 33.2 Å². The Morgan fingerprint density at radius 2 is 0.880 bits per heavy atom. The van der Waals surface area contributed by atoms with Gasteiger partial charge >= 0.3 is 48.9 Å². The molecule has 25 heavy (non-hydrogen) atoms. The number of carboxylic acid groups (broad SMARTS) is 2. The molecule has 0 N–H and O–H groups in total. The van der Waals surface area contributed by atoms with Crippen LogP contribution in [0.5, 0.6) is 0 Å². The third-order valence-corrected chi connectivity index (χ3v) is 5.85. The van der Waals surface area contributed by atoms with Crippen LogP contribution in [-0.4, -0.2) is 60.8 Å². The van der Waals surface area contributed by atoms with E-state index in [-0.39, 0.29) is 60.0 Å². The van der Waals surface area contributed by atoms with Crippen LogP contribution in [0.4, 0.5) is 0 Å². The van der Waals surface area contributed by atoms with Crippen molar-refractivity contribution in [2.75, 3.05) is 0 Å². The molecule has 0 aliphatic carbocycles. The average Bonchev–Trinajstić information content (AvgIpc) is 2.49. The second-order valence-electron chi connectivity index (χ2n) is 5.42. The minimum Gasteiger partial charge on any atom is -0.545 e. The number of aromatic carboxylic acids is 2. The van der Waals surface area contributed by atoms with Gasteiger partial charge in [0.05, 0.1) is 11.9 Å². The van der Waals surface area contributed by atoms with Crippen LogP contribution in [0.25, 0.3) is 0 Å². The van der Waals surface area contributed by atoms with Crippen LogP contribution >= 0.6 is 31.9 Å². The van der Waals surface area contributed by atoms with Crippen molar-refractivity contribution >= 4 is 92.7 Å². The number of halogens is 2. The zero-order chi connectivity index (χ0) is 18.6. The molecule has 0 heterocycles. The first kappa shape index (κ1) is 24.9. The minimum atomic E-state index is -1.13. The Morgan fingerprint density at radius 3 is 1.04 bits per heavy atom. The number of carboxylic acids is 2. The number of hydrogen-bond acceptors (Lipinski definition) is 4. The van der Waals surface area contributed by atoms with Crippen LogP contribution < -0.4 is 10.2 Å². The van der Waals surface area contributed by atoms with Crippen LogP contribution in [-0.2, 0) is 0 Å². The maximum absolute atomic E-state index is 10.5. The molecule has 0 fully saturated rings. The molecule has 128 valence electrons. The monoisotopic (exact) mass is 592 g/mol. The minimum absolute atomic E-state index is 0. The van der Waals surface area contributed by atoms with Gasteiger partial charge in [-0.3, -0.25) is 0 Å². The third kappa shape index (κ3) is 7.21. The van der Waals surface area contributed by atoms with Gasteiger partial charge in [0.15, 0.2) is 0 Å². The molecular formula is C18H16BaBr2O4. The fraction of sp³-hybridized carbons (Fsp3) is 0.222. The number of benzene rings is 2. The van der Waals surface area contributed by atoms with Crippen molar-refractivity contribution in [3.63, 3.8) is 0 Å². The molecule has 0 unspecified atom stereocenters.